The smallest absolute Gasteiger partial charge is 0.0542 e. The lowest BCUT2D eigenvalue weighted by molar-refractivity contribution is 0.677. The highest BCUT2D eigenvalue weighted by atomic mass is 14.9. The van der Waals surface area contributed by atoms with Crippen LogP contribution in [0, 0.1) is 26.7 Å². The van der Waals surface area contributed by atoms with Crippen LogP contribution in [0.2, 0.25) is 0 Å². The van der Waals surface area contributed by atoms with Crippen molar-refractivity contribution < 1.29 is 0 Å². The Morgan fingerprint density at radius 2 is 1.55 bits per heavy atom. The molecule has 0 spiro atoms. The van der Waals surface area contributed by atoms with E-state index in [1.165, 1.54) is 40.8 Å². The van der Waals surface area contributed by atoms with Gasteiger partial charge in [0.15, 0.2) is 0 Å². The fourth-order valence-corrected chi connectivity index (χ4v) is 3.13. The van der Waals surface area contributed by atoms with Crippen LogP contribution in [-0.4, -0.2) is 0 Å². The lowest BCUT2D eigenvalue weighted by Crippen LogP contribution is -2.14. The molecule has 1 saturated carbocycles. The molecule has 0 radical (unpaired) electrons. The Balaban J connectivity index is 1.92. The minimum atomic E-state index is 0.455. The van der Waals surface area contributed by atoms with E-state index in [1.807, 2.05) is 0 Å². The summed E-state index contributed by atoms with van der Waals surface area (Å²) in [6.45, 7) is 6.58. The van der Waals surface area contributed by atoms with Gasteiger partial charge in [-0.25, -0.2) is 0 Å². The summed E-state index contributed by atoms with van der Waals surface area (Å²) in [5, 5.41) is 3.82. The van der Waals surface area contributed by atoms with Crippen molar-refractivity contribution >= 4 is 5.69 Å². The number of hydrogen-bond donors (Lipinski definition) is 1. The maximum atomic E-state index is 3.82. The van der Waals surface area contributed by atoms with E-state index in [2.05, 4.69) is 68.6 Å². The molecule has 1 N–H and O–H groups in total. The van der Waals surface area contributed by atoms with Crippen LogP contribution in [0.15, 0.2) is 42.5 Å². The molecule has 2 aromatic carbocycles. The third-order valence-corrected chi connectivity index (χ3v) is 4.23. The van der Waals surface area contributed by atoms with Gasteiger partial charge in [0.2, 0.25) is 0 Å². The second kappa shape index (κ2) is 5.32. The van der Waals surface area contributed by atoms with Crippen LogP contribution in [0.1, 0.15) is 41.1 Å². The summed E-state index contributed by atoms with van der Waals surface area (Å²) in [6.07, 6.45) is 2.69. The standard InChI is InChI=1S/C19H23N/c1-13-11-14(2)18(15(3)12-13)20-19(17-9-10-17)16-7-5-4-6-8-16/h4-8,11-12,17,19-20H,9-10H2,1-3H3. The molecule has 1 atom stereocenters. The van der Waals surface area contributed by atoms with Crippen LogP contribution in [0.4, 0.5) is 5.69 Å². The van der Waals surface area contributed by atoms with Gasteiger partial charge in [-0.3, -0.25) is 0 Å². The predicted molar refractivity (Wildman–Crippen MR) is 86.2 cm³/mol. The number of hydrogen-bond acceptors (Lipinski definition) is 1. The van der Waals surface area contributed by atoms with Gasteiger partial charge in [-0.05, 0) is 56.2 Å². The molecule has 0 amide bonds. The minimum Gasteiger partial charge on any atom is -0.378 e. The van der Waals surface area contributed by atoms with Crippen molar-refractivity contribution in [3.8, 4) is 0 Å². The Kier molecular flexibility index (Phi) is 3.52. The molecule has 1 aliphatic rings. The third kappa shape index (κ3) is 2.72. The first-order chi connectivity index (χ1) is 9.65. The van der Waals surface area contributed by atoms with E-state index >= 15 is 0 Å². The highest BCUT2D eigenvalue weighted by molar-refractivity contribution is 5.59. The summed E-state index contributed by atoms with van der Waals surface area (Å²) < 4.78 is 0. The van der Waals surface area contributed by atoms with Crippen LogP contribution in [0.5, 0.6) is 0 Å². The van der Waals surface area contributed by atoms with Gasteiger partial charge in [0.05, 0.1) is 6.04 Å². The van der Waals surface area contributed by atoms with E-state index < -0.39 is 0 Å². The molecule has 20 heavy (non-hydrogen) atoms. The fraction of sp³-hybridized carbons (Fsp3) is 0.368. The summed E-state index contributed by atoms with van der Waals surface area (Å²) in [4.78, 5) is 0. The maximum absolute atomic E-state index is 3.82. The number of nitrogens with one attached hydrogen (secondary N) is 1. The number of benzene rings is 2. The van der Waals surface area contributed by atoms with Gasteiger partial charge in [0, 0.05) is 5.69 Å². The molecule has 1 aliphatic carbocycles. The SMILES string of the molecule is Cc1cc(C)c(NC(c2ccccc2)C2CC2)c(C)c1. The van der Waals surface area contributed by atoms with Crippen LogP contribution in [0.25, 0.3) is 0 Å². The Labute approximate surface area is 122 Å². The minimum absolute atomic E-state index is 0.455. The zero-order valence-corrected chi connectivity index (χ0v) is 12.6. The molecular weight excluding hydrogens is 242 g/mol. The molecule has 0 saturated heterocycles. The molecule has 0 bridgehead atoms. The van der Waals surface area contributed by atoms with Crippen molar-refractivity contribution in [3.05, 3.63) is 64.7 Å². The molecule has 1 unspecified atom stereocenters. The van der Waals surface area contributed by atoms with Crippen molar-refractivity contribution in [3.63, 3.8) is 0 Å². The topological polar surface area (TPSA) is 12.0 Å². The van der Waals surface area contributed by atoms with Crippen molar-refractivity contribution in [1.29, 1.82) is 0 Å². The third-order valence-electron chi connectivity index (χ3n) is 4.23. The summed E-state index contributed by atoms with van der Waals surface area (Å²) in [7, 11) is 0. The van der Waals surface area contributed by atoms with Crippen LogP contribution in [-0.2, 0) is 0 Å². The van der Waals surface area contributed by atoms with E-state index in [1.54, 1.807) is 0 Å². The van der Waals surface area contributed by atoms with Crippen molar-refractivity contribution in [2.24, 2.45) is 5.92 Å². The lowest BCUT2D eigenvalue weighted by Gasteiger charge is -2.23. The van der Waals surface area contributed by atoms with Gasteiger partial charge in [0.25, 0.3) is 0 Å². The van der Waals surface area contributed by atoms with Crippen LogP contribution in [0.3, 0.4) is 0 Å². The number of rotatable bonds is 4. The van der Waals surface area contributed by atoms with E-state index in [-0.39, 0.29) is 0 Å². The molecule has 0 aliphatic heterocycles. The van der Waals surface area contributed by atoms with E-state index in [9.17, 15) is 0 Å². The highest BCUT2D eigenvalue weighted by Crippen LogP contribution is 2.43. The van der Waals surface area contributed by atoms with Crippen molar-refractivity contribution in [2.75, 3.05) is 5.32 Å². The Hall–Kier alpha value is -1.76. The molecule has 1 nitrogen and oxygen atoms in total. The van der Waals surface area contributed by atoms with Gasteiger partial charge >= 0.3 is 0 Å². The zero-order valence-electron chi connectivity index (χ0n) is 12.6. The maximum Gasteiger partial charge on any atom is 0.0542 e. The van der Waals surface area contributed by atoms with Crippen LogP contribution >= 0.6 is 0 Å². The summed E-state index contributed by atoms with van der Waals surface area (Å²) in [5.41, 5.74) is 6.77. The number of aryl methyl sites for hydroxylation is 3. The zero-order chi connectivity index (χ0) is 14.1. The highest BCUT2D eigenvalue weighted by Gasteiger charge is 2.32. The predicted octanol–water partition coefficient (Wildman–Crippen LogP) is 5.18. The second-order valence-corrected chi connectivity index (χ2v) is 6.14. The summed E-state index contributed by atoms with van der Waals surface area (Å²) in [6, 6.07) is 15.9. The Morgan fingerprint density at radius 1 is 0.950 bits per heavy atom. The normalized spacial score (nSPS) is 15.9. The largest absolute Gasteiger partial charge is 0.378 e. The first kappa shape index (κ1) is 13.2. The first-order valence-electron chi connectivity index (χ1n) is 7.54. The monoisotopic (exact) mass is 265 g/mol. The molecule has 1 fully saturated rings. The van der Waals surface area contributed by atoms with Gasteiger partial charge in [-0.1, -0.05) is 48.0 Å². The number of anilines is 1. The Bertz CT molecular complexity index is 573. The molecule has 3 rings (SSSR count). The molecule has 0 heterocycles. The van der Waals surface area contributed by atoms with E-state index in [0.29, 0.717) is 6.04 Å². The van der Waals surface area contributed by atoms with Gasteiger partial charge < -0.3 is 5.32 Å². The van der Waals surface area contributed by atoms with Gasteiger partial charge in [0.1, 0.15) is 0 Å². The fourth-order valence-electron chi connectivity index (χ4n) is 3.13. The Morgan fingerprint density at radius 3 is 2.10 bits per heavy atom. The first-order valence-corrected chi connectivity index (χ1v) is 7.54. The molecule has 0 aromatic heterocycles. The van der Waals surface area contributed by atoms with Crippen molar-refractivity contribution in [1.82, 2.24) is 0 Å². The van der Waals surface area contributed by atoms with E-state index in [4.69, 9.17) is 0 Å². The van der Waals surface area contributed by atoms with Crippen LogP contribution < -0.4 is 5.32 Å². The second-order valence-electron chi connectivity index (χ2n) is 6.14. The van der Waals surface area contributed by atoms with Gasteiger partial charge in [-0.15, -0.1) is 0 Å². The molecule has 1 heteroatoms. The lowest BCUT2D eigenvalue weighted by atomic mass is 9.99. The van der Waals surface area contributed by atoms with Gasteiger partial charge in [-0.2, -0.15) is 0 Å². The molecule has 2 aromatic rings. The summed E-state index contributed by atoms with van der Waals surface area (Å²) >= 11 is 0. The average molecular weight is 265 g/mol. The quantitative estimate of drug-likeness (QED) is 0.803. The van der Waals surface area contributed by atoms with E-state index in [0.717, 1.165) is 5.92 Å². The average Bonchev–Trinajstić information content (AvgIpc) is 3.23. The summed E-state index contributed by atoms with van der Waals surface area (Å²) in [5.74, 6) is 0.789. The molecular formula is C19H23N. The van der Waals surface area contributed by atoms with Crippen molar-refractivity contribution in [2.45, 2.75) is 39.7 Å². The molecule has 104 valence electrons.